The highest BCUT2D eigenvalue weighted by Crippen LogP contribution is 2.16. The average molecular weight is 160 g/mol. The van der Waals surface area contributed by atoms with E-state index in [0.29, 0.717) is 5.92 Å². The molecule has 1 aliphatic carbocycles. The Balaban J connectivity index is 2.49. The number of aryl methyl sites for hydroxylation is 1. The van der Waals surface area contributed by atoms with Crippen LogP contribution in [0.2, 0.25) is 0 Å². The molecule has 2 heteroatoms. The van der Waals surface area contributed by atoms with Gasteiger partial charge < -0.3 is 4.98 Å². The number of aromatic nitrogens is 2. The number of fused-ring (bicyclic) bond motifs is 1. The summed E-state index contributed by atoms with van der Waals surface area (Å²) in [6.07, 6.45) is 8.49. The van der Waals surface area contributed by atoms with Gasteiger partial charge in [-0.3, -0.25) is 0 Å². The highest BCUT2D eigenvalue weighted by molar-refractivity contribution is 5.62. The molecule has 2 nitrogen and oxygen atoms in total. The predicted molar refractivity (Wildman–Crippen MR) is 50.6 cm³/mol. The van der Waals surface area contributed by atoms with Crippen molar-refractivity contribution in [2.75, 3.05) is 0 Å². The summed E-state index contributed by atoms with van der Waals surface area (Å²) in [6, 6.07) is 0. The van der Waals surface area contributed by atoms with Crippen LogP contribution in [0.25, 0.3) is 12.2 Å². The van der Waals surface area contributed by atoms with E-state index >= 15 is 0 Å². The molecule has 1 heterocycles. The predicted octanol–water partition coefficient (Wildman–Crippen LogP) is 2.39. The summed E-state index contributed by atoms with van der Waals surface area (Å²) in [6.45, 7) is 4.13. The van der Waals surface area contributed by atoms with Crippen molar-refractivity contribution in [1.29, 1.82) is 0 Å². The Morgan fingerprint density at radius 1 is 1.33 bits per heavy atom. The van der Waals surface area contributed by atoms with Crippen LogP contribution in [0.1, 0.15) is 24.1 Å². The Morgan fingerprint density at radius 3 is 2.92 bits per heavy atom. The molecule has 2 rings (SSSR count). The lowest BCUT2D eigenvalue weighted by atomic mass is 10.2. The number of nitrogens with zero attached hydrogens (tertiary/aromatic N) is 1. The van der Waals surface area contributed by atoms with Crippen LogP contribution in [0.5, 0.6) is 0 Å². The third-order valence-corrected chi connectivity index (χ3v) is 2.00. The molecule has 0 saturated carbocycles. The molecule has 1 aromatic heterocycles. The summed E-state index contributed by atoms with van der Waals surface area (Å²) >= 11 is 0. The smallest absolute Gasteiger partial charge is 0.104 e. The molecule has 0 amide bonds. The van der Waals surface area contributed by atoms with E-state index in [2.05, 4.69) is 41.2 Å². The molecule has 0 spiro atoms. The van der Waals surface area contributed by atoms with E-state index in [-0.39, 0.29) is 0 Å². The monoisotopic (exact) mass is 160 g/mol. The molecule has 1 atom stereocenters. The highest BCUT2D eigenvalue weighted by Gasteiger charge is 2.05. The van der Waals surface area contributed by atoms with Crippen molar-refractivity contribution in [1.82, 2.24) is 9.97 Å². The molecule has 0 saturated heterocycles. The van der Waals surface area contributed by atoms with E-state index in [1.54, 1.807) is 0 Å². The first kappa shape index (κ1) is 7.35. The van der Waals surface area contributed by atoms with Crippen LogP contribution in [-0.2, 0) is 0 Å². The maximum Gasteiger partial charge on any atom is 0.104 e. The minimum atomic E-state index is 0.507. The van der Waals surface area contributed by atoms with Gasteiger partial charge in [-0.1, -0.05) is 19.1 Å². The van der Waals surface area contributed by atoms with Crippen LogP contribution in [0.4, 0.5) is 0 Å². The van der Waals surface area contributed by atoms with Crippen LogP contribution in [-0.4, -0.2) is 9.97 Å². The Labute approximate surface area is 72.0 Å². The van der Waals surface area contributed by atoms with Crippen molar-refractivity contribution in [3.63, 3.8) is 0 Å². The lowest BCUT2D eigenvalue weighted by Gasteiger charge is -1.91. The van der Waals surface area contributed by atoms with Gasteiger partial charge in [-0.2, -0.15) is 0 Å². The Morgan fingerprint density at radius 2 is 2.08 bits per heavy atom. The Hall–Kier alpha value is -1.31. The molecule has 1 aromatic rings. The zero-order valence-electron chi connectivity index (χ0n) is 7.33. The standard InChI is InChI=1S/C10H12N2/c1-7-3-5-9-10(6-4-7)12-8(2)11-9/h3-7H,1-2H3,(H,11,12). The number of hydrogen-bond acceptors (Lipinski definition) is 1. The van der Waals surface area contributed by atoms with Gasteiger partial charge >= 0.3 is 0 Å². The van der Waals surface area contributed by atoms with Crippen molar-refractivity contribution in [2.24, 2.45) is 5.92 Å². The van der Waals surface area contributed by atoms with Crippen LogP contribution >= 0.6 is 0 Å². The number of hydrogen-bond donors (Lipinski definition) is 1. The summed E-state index contributed by atoms with van der Waals surface area (Å²) in [5.41, 5.74) is 2.17. The fourth-order valence-corrected chi connectivity index (χ4v) is 1.34. The molecular formula is C10H12N2. The minimum absolute atomic E-state index is 0.507. The zero-order chi connectivity index (χ0) is 8.55. The molecule has 0 radical (unpaired) electrons. The SMILES string of the molecule is Cc1nc2c([nH]1)C=CC(C)C=C2. The summed E-state index contributed by atoms with van der Waals surface area (Å²) in [4.78, 5) is 7.56. The van der Waals surface area contributed by atoms with E-state index in [1.165, 1.54) is 0 Å². The first-order valence-electron chi connectivity index (χ1n) is 4.19. The van der Waals surface area contributed by atoms with Crippen molar-refractivity contribution in [2.45, 2.75) is 13.8 Å². The second-order valence-corrected chi connectivity index (χ2v) is 3.20. The van der Waals surface area contributed by atoms with Crippen LogP contribution in [0, 0.1) is 12.8 Å². The summed E-state index contributed by atoms with van der Waals surface area (Å²) in [7, 11) is 0. The van der Waals surface area contributed by atoms with Crippen molar-refractivity contribution in [3.8, 4) is 0 Å². The van der Waals surface area contributed by atoms with Crippen molar-refractivity contribution in [3.05, 3.63) is 29.4 Å². The van der Waals surface area contributed by atoms with Gasteiger partial charge in [0.1, 0.15) is 5.82 Å². The number of rotatable bonds is 0. The number of H-pyrrole nitrogens is 1. The summed E-state index contributed by atoms with van der Waals surface area (Å²) < 4.78 is 0. The van der Waals surface area contributed by atoms with E-state index in [4.69, 9.17) is 0 Å². The van der Waals surface area contributed by atoms with Crippen LogP contribution < -0.4 is 0 Å². The highest BCUT2D eigenvalue weighted by atomic mass is 14.9. The lowest BCUT2D eigenvalue weighted by molar-refractivity contribution is 0.952. The first-order valence-corrected chi connectivity index (χ1v) is 4.19. The number of allylic oxidation sites excluding steroid dienone is 2. The first-order chi connectivity index (χ1) is 5.75. The summed E-state index contributed by atoms with van der Waals surface area (Å²) in [5, 5.41) is 0. The van der Waals surface area contributed by atoms with E-state index in [1.807, 2.05) is 6.92 Å². The third kappa shape index (κ3) is 1.20. The maximum atomic E-state index is 4.35. The molecule has 0 aliphatic heterocycles. The zero-order valence-corrected chi connectivity index (χ0v) is 7.33. The summed E-state index contributed by atoms with van der Waals surface area (Å²) in [5.74, 6) is 1.48. The fraction of sp³-hybridized carbons (Fsp3) is 0.300. The van der Waals surface area contributed by atoms with Gasteiger partial charge in [-0.15, -0.1) is 0 Å². The van der Waals surface area contributed by atoms with Crippen molar-refractivity contribution >= 4 is 12.2 Å². The average Bonchev–Trinajstić information content (AvgIpc) is 2.31. The molecule has 0 aromatic carbocycles. The normalized spacial score (nSPS) is 16.2. The van der Waals surface area contributed by atoms with Crippen LogP contribution in [0.15, 0.2) is 12.2 Å². The maximum absolute atomic E-state index is 4.35. The number of imidazole rings is 1. The third-order valence-electron chi connectivity index (χ3n) is 2.00. The quantitative estimate of drug-likeness (QED) is 0.620. The lowest BCUT2D eigenvalue weighted by Crippen LogP contribution is -1.79. The minimum Gasteiger partial charge on any atom is -0.342 e. The van der Waals surface area contributed by atoms with Gasteiger partial charge in [0.2, 0.25) is 0 Å². The largest absolute Gasteiger partial charge is 0.342 e. The van der Waals surface area contributed by atoms with Gasteiger partial charge in [-0.05, 0) is 25.0 Å². The Kier molecular flexibility index (Phi) is 1.61. The molecule has 1 aliphatic rings. The van der Waals surface area contributed by atoms with Gasteiger partial charge in [0, 0.05) is 0 Å². The van der Waals surface area contributed by atoms with E-state index in [9.17, 15) is 0 Å². The number of nitrogens with one attached hydrogen (secondary N) is 1. The van der Waals surface area contributed by atoms with Crippen molar-refractivity contribution < 1.29 is 0 Å². The van der Waals surface area contributed by atoms with E-state index in [0.717, 1.165) is 17.2 Å². The molecule has 62 valence electrons. The molecule has 1 N–H and O–H groups in total. The van der Waals surface area contributed by atoms with Gasteiger partial charge in [0.05, 0.1) is 11.4 Å². The van der Waals surface area contributed by atoms with E-state index < -0.39 is 0 Å². The van der Waals surface area contributed by atoms with Crippen LogP contribution in [0.3, 0.4) is 0 Å². The van der Waals surface area contributed by atoms with Gasteiger partial charge in [-0.25, -0.2) is 4.98 Å². The molecule has 0 fully saturated rings. The van der Waals surface area contributed by atoms with Gasteiger partial charge in [0.25, 0.3) is 0 Å². The Bertz CT molecular complexity index is 313. The second kappa shape index (κ2) is 2.63. The fourth-order valence-electron chi connectivity index (χ4n) is 1.34. The molecule has 12 heavy (non-hydrogen) atoms. The molecule has 1 unspecified atom stereocenters. The molecule has 0 bridgehead atoms. The molecular weight excluding hydrogens is 148 g/mol. The van der Waals surface area contributed by atoms with Gasteiger partial charge in [0.15, 0.2) is 0 Å². The number of aromatic amines is 1. The topological polar surface area (TPSA) is 28.7 Å². The second-order valence-electron chi connectivity index (χ2n) is 3.20.